The molecule has 0 bridgehead atoms. The number of carbonyl (C=O) groups is 1. The monoisotopic (exact) mass is 362 g/mol. The number of nitrogens with zero attached hydrogens (tertiary/aromatic N) is 3. The molecular weight excluding hydrogens is 344 g/mol. The van der Waals surface area contributed by atoms with E-state index in [9.17, 15) is 4.79 Å². The van der Waals surface area contributed by atoms with E-state index in [0.717, 1.165) is 0 Å². The van der Waals surface area contributed by atoms with Crippen LogP contribution in [0.1, 0.15) is 5.76 Å². The lowest BCUT2D eigenvalue weighted by Gasteiger charge is -2.08. The molecule has 0 aliphatic rings. The molecule has 0 aromatic carbocycles. The lowest BCUT2D eigenvalue weighted by atomic mass is 10.4. The number of amides is 1. The smallest absolute Gasteiger partial charge is 0.230 e. The van der Waals surface area contributed by atoms with Crippen LogP contribution in [0.25, 0.3) is 11.6 Å². The summed E-state index contributed by atoms with van der Waals surface area (Å²) in [5.41, 5.74) is 0. The van der Waals surface area contributed by atoms with E-state index in [1.807, 2.05) is 16.7 Å². The van der Waals surface area contributed by atoms with Gasteiger partial charge in [0.1, 0.15) is 5.76 Å². The quantitative estimate of drug-likeness (QED) is 0.583. The zero-order valence-corrected chi connectivity index (χ0v) is 14.5. The molecule has 0 unspecified atom stereocenters. The van der Waals surface area contributed by atoms with Gasteiger partial charge in [-0.15, -0.1) is 10.2 Å². The highest BCUT2D eigenvalue weighted by Crippen LogP contribution is 2.24. The van der Waals surface area contributed by atoms with Gasteiger partial charge in [0, 0.05) is 7.11 Å². The molecule has 25 heavy (non-hydrogen) atoms. The summed E-state index contributed by atoms with van der Waals surface area (Å²) in [6, 6.07) is 7.20. The van der Waals surface area contributed by atoms with Gasteiger partial charge in [-0.1, -0.05) is 11.8 Å². The highest BCUT2D eigenvalue weighted by atomic mass is 32.2. The Hall–Kier alpha value is -2.52. The molecule has 0 spiro atoms. The van der Waals surface area contributed by atoms with Crippen LogP contribution in [-0.2, 0) is 22.6 Å². The first-order chi connectivity index (χ1) is 12.3. The van der Waals surface area contributed by atoms with Crippen LogP contribution < -0.4 is 5.32 Å². The molecule has 0 saturated carbocycles. The summed E-state index contributed by atoms with van der Waals surface area (Å²) in [5, 5.41) is 11.8. The van der Waals surface area contributed by atoms with Crippen LogP contribution >= 0.6 is 11.8 Å². The van der Waals surface area contributed by atoms with Gasteiger partial charge < -0.3 is 18.9 Å². The Morgan fingerprint density at radius 1 is 1.28 bits per heavy atom. The van der Waals surface area contributed by atoms with Gasteiger partial charge in [0.05, 0.1) is 38.0 Å². The van der Waals surface area contributed by atoms with Crippen LogP contribution in [-0.4, -0.2) is 40.1 Å². The van der Waals surface area contributed by atoms with Crippen LogP contribution in [0.2, 0.25) is 0 Å². The number of carbonyl (C=O) groups excluding carboxylic acids is 1. The first-order valence-electron chi connectivity index (χ1n) is 7.66. The van der Waals surface area contributed by atoms with Gasteiger partial charge in [-0.3, -0.25) is 9.36 Å². The second-order valence-corrected chi connectivity index (χ2v) is 6.02. The summed E-state index contributed by atoms with van der Waals surface area (Å²) in [6.07, 6.45) is 3.16. The summed E-state index contributed by atoms with van der Waals surface area (Å²) in [4.78, 5) is 12.0. The van der Waals surface area contributed by atoms with Crippen molar-refractivity contribution in [3.05, 3.63) is 42.6 Å². The van der Waals surface area contributed by atoms with Crippen molar-refractivity contribution >= 4 is 17.7 Å². The van der Waals surface area contributed by atoms with Crippen molar-refractivity contribution in [2.24, 2.45) is 0 Å². The third-order valence-electron chi connectivity index (χ3n) is 3.35. The molecular formula is C16H18N4O4S. The molecule has 1 amide bonds. The number of rotatable bonds is 9. The molecule has 0 atom stereocenters. The molecule has 0 radical (unpaired) electrons. The van der Waals surface area contributed by atoms with E-state index in [-0.39, 0.29) is 11.7 Å². The van der Waals surface area contributed by atoms with E-state index < -0.39 is 0 Å². The van der Waals surface area contributed by atoms with Crippen molar-refractivity contribution in [1.29, 1.82) is 0 Å². The maximum absolute atomic E-state index is 12.0. The summed E-state index contributed by atoms with van der Waals surface area (Å²) in [5.74, 6) is 2.06. The minimum Gasteiger partial charge on any atom is -0.467 e. The van der Waals surface area contributed by atoms with E-state index in [4.69, 9.17) is 13.6 Å². The van der Waals surface area contributed by atoms with Gasteiger partial charge in [0.2, 0.25) is 11.7 Å². The van der Waals surface area contributed by atoms with Crippen molar-refractivity contribution in [3.63, 3.8) is 0 Å². The van der Waals surface area contributed by atoms with Gasteiger partial charge in [0.15, 0.2) is 10.9 Å². The number of furan rings is 2. The number of hydrogen-bond donors (Lipinski definition) is 1. The minimum absolute atomic E-state index is 0.109. The number of methoxy groups -OCH3 is 1. The lowest BCUT2D eigenvalue weighted by molar-refractivity contribution is -0.118. The number of nitrogens with one attached hydrogen (secondary N) is 1. The predicted octanol–water partition coefficient (Wildman–Crippen LogP) is 2.19. The Kier molecular flexibility index (Phi) is 5.91. The average Bonchev–Trinajstić information content (AvgIpc) is 3.37. The highest BCUT2D eigenvalue weighted by molar-refractivity contribution is 7.99. The first kappa shape index (κ1) is 17.3. The molecule has 9 heteroatoms. The van der Waals surface area contributed by atoms with Crippen molar-refractivity contribution in [3.8, 4) is 11.6 Å². The fourth-order valence-corrected chi connectivity index (χ4v) is 2.94. The van der Waals surface area contributed by atoms with E-state index in [1.54, 1.807) is 31.8 Å². The Bertz CT molecular complexity index is 783. The van der Waals surface area contributed by atoms with Gasteiger partial charge in [-0.05, 0) is 24.3 Å². The molecule has 3 heterocycles. The third kappa shape index (κ3) is 4.52. The second-order valence-electron chi connectivity index (χ2n) is 5.07. The topological polar surface area (TPSA) is 95.3 Å². The third-order valence-corrected chi connectivity index (χ3v) is 4.32. The Labute approximate surface area is 148 Å². The molecule has 3 aromatic heterocycles. The maximum atomic E-state index is 12.0. The fraction of sp³-hybridized carbons (Fsp3) is 0.312. The van der Waals surface area contributed by atoms with E-state index in [0.29, 0.717) is 42.2 Å². The van der Waals surface area contributed by atoms with Gasteiger partial charge in [-0.2, -0.15) is 0 Å². The molecule has 8 nitrogen and oxygen atoms in total. The number of thioether (sulfide) groups is 1. The van der Waals surface area contributed by atoms with E-state index >= 15 is 0 Å². The number of hydrogen-bond acceptors (Lipinski definition) is 7. The molecule has 0 aliphatic heterocycles. The summed E-state index contributed by atoms with van der Waals surface area (Å²) < 4.78 is 17.6. The fourth-order valence-electron chi connectivity index (χ4n) is 2.15. The molecule has 3 rings (SSSR count). The number of aromatic nitrogens is 3. The predicted molar refractivity (Wildman–Crippen MR) is 90.9 cm³/mol. The van der Waals surface area contributed by atoms with Crippen molar-refractivity contribution < 1.29 is 18.4 Å². The molecule has 0 saturated heterocycles. The van der Waals surface area contributed by atoms with Crippen molar-refractivity contribution in [2.45, 2.75) is 18.2 Å². The largest absolute Gasteiger partial charge is 0.467 e. The Morgan fingerprint density at radius 3 is 2.84 bits per heavy atom. The van der Waals surface area contributed by atoms with Gasteiger partial charge in [-0.25, -0.2) is 0 Å². The average molecular weight is 362 g/mol. The van der Waals surface area contributed by atoms with Crippen LogP contribution in [0.4, 0.5) is 0 Å². The summed E-state index contributed by atoms with van der Waals surface area (Å²) in [6.45, 7) is 1.43. The molecule has 0 aliphatic carbocycles. The van der Waals surface area contributed by atoms with E-state index in [1.165, 1.54) is 11.8 Å². The molecule has 3 aromatic rings. The Morgan fingerprint density at radius 2 is 2.12 bits per heavy atom. The van der Waals surface area contributed by atoms with Crippen LogP contribution in [0.15, 0.2) is 50.8 Å². The van der Waals surface area contributed by atoms with Crippen molar-refractivity contribution in [2.75, 3.05) is 19.5 Å². The first-order valence-corrected chi connectivity index (χ1v) is 8.64. The second kappa shape index (κ2) is 8.54. The summed E-state index contributed by atoms with van der Waals surface area (Å²) >= 11 is 1.31. The zero-order chi connectivity index (χ0) is 17.5. The normalized spacial score (nSPS) is 10.9. The molecule has 1 N–H and O–H groups in total. The van der Waals surface area contributed by atoms with Crippen LogP contribution in [0.3, 0.4) is 0 Å². The standard InChI is InChI=1S/C16H18N4O4S/c1-22-9-6-20-15(13-5-3-8-24-13)18-19-16(20)25-11-14(21)17-10-12-4-2-7-23-12/h2-5,7-8H,6,9-11H2,1H3,(H,17,21). The molecule has 132 valence electrons. The minimum atomic E-state index is -0.109. The van der Waals surface area contributed by atoms with Crippen LogP contribution in [0, 0.1) is 0 Å². The maximum Gasteiger partial charge on any atom is 0.230 e. The molecule has 0 fully saturated rings. The van der Waals surface area contributed by atoms with Gasteiger partial charge in [0.25, 0.3) is 0 Å². The van der Waals surface area contributed by atoms with Gasteiger partial charge >= 0.3 is 0 Å². The lowest BCUT2D eigenvalue weighted by Crippen LogP contribution is -2.24. The Balaban J connectivity index is 1.62. The summed E-state index contributed by atoms with van der Waals surface area (Å²) in [7, 11) is 1.63. The zero-order valence-electron chi connectivity index (χ0n) is 13.7. The number of ether oxygens (including phenoxy) is 1. The van der Waals surface area contributed by atoms with E-state index in [2.05, 4.69) is 15.5 Å². The highest BCUT2D eigenvalue weighted by Gasteiger charge is 2.17. The van der Waals surface area contributed by atoms with Crippen molar-refractivity contribution in [1.82, 2.24) is 20.1 Å². The SMILES string of the molecule is COCCn1c(SCC(=O)NCc2ccco2)nnc1-c1ccco1. The van der Waals surface area contributed by atoms with Crippen LogP contribution in [0.5, 0.6) is 0 Å².